The number of aliphatic hydroxyl groups is 1. The summed E-state index contributed by atoms with van der Waals surface area (Å²) in [5.74, 6) is -4.31. The van der Waals surface area contributed by atoms with E-state index in [1.165, 1.54) is 19.2 Å². The Morgan fingerprint density at radius 2 is 2.12 bits per heavy atom. The summed E-state index contributed by atoms with van der Waals surface area (Å²) in [4.78, 5) is 0. The molecule has 16 heavy (non-hydrogen) atoms. The minimum absolute atomic E-state index is 0.0525. The quantitative estimate of drug-likeness (QED) is 0.830. The third kappa shape index (κ3) is 2.45. The summed E-state index contributed by atoms with van der Waals surface area (Å²) in [6, 6.07) is 1.55. The first kappa shape index (κ1) is 12.8. The van der Waals surface area contributed by atoms with E-state index >= 15 is 0 Å². The third-order valence-electron chi connectivity index (χ3n) is 2.20. The van der Waals surface area contributed by atoms with Crippen LogP contribution in [0.3, 0.4) is 0 Å². The maximum Gasteiger partial charge on any atom is 0.289 e. The lowest BCUT2D eigenvalue weighted by atomic mass is 10.0. The first-order chi connectivity index (χ1) is 7.42. The number of benzene rings is 1. The molecule has 6 heteroatoms. The van der Waals surface area contributed by atoms with Gasteiger partial charge in [0.05, 0.1) is 13.2 Å². The van der Waals surface area contributed by atoms with Gasteiger partial charge in [-0.05, 0) is 17.7 Å². The highest BCUT2D eigenvalue weighted by atomic mass is 19.3. The molecule has 0 bridgehead atoms. The van der Waals surface area contributed by atoms with Gasteiger partial charge in [-0.3, -0.25) is 0 Å². The van der Waals surface area contributed by atoms with E-state index in [1.54, 1.807) is 0 Å². The van der Waals surface area contributed by atoms with Crippen molar-refractivity contribution in [3.8, 4) is 5.75 Å². The van der Waals surface area contributed by atoms with Gasteiger partial charge in [0.2, 0.25) is 0 Å². The molecule has 0 saturated heterocycles. The zero-order chi connectivity index (χ0) is 12.3. The van der Waals surface area contributed by atoms with Crippen LogP contribution in [-0.4, -0.2) is 24.7 Å². The molecule has 0 spiro atoms. The average Bonchev–Trinajstić information content (AvgIpc) is 2.27. The molecule has 0 radical (unpaired) electrons. The number of ether oxygens (including phenoxy) is 1. The fraction of sp³-hybridized carbons (Fsp3) is 0.400. The molecular formula is C10H12F3NO2. The second-order valence-corrected chi connectivity index (χ2v) is 3.29. The fourth-order valence-electron chi connectivity index (χ4n) is 1.22. The third-order valence-corrected chi connectivity index (χ3v) is 2.20. The molecule has 90 valence electrons. The molecule has 0 amide bonds. The maximum atomic E-state index is 13.2. The van der Waals surface area contributed by atoms with Crippen LogP contribution < -0.4 is 10.5 Å². The van der Waals surface area contributed by atoms with Gasteiger partial charge in [0.15, 0.2) is 11.6 Å². The highest BCUT2D eigenvalue weighted by Crippen LogP contribution is 2.30. The van der Waals surface area contributed by atoms with Crippen molar-refractivity contribution in [2.45, 2.75) is 12.0 Å². The van der Waals surface area contributed by atoms with Gasteiger partial charge in [-0.1, -0.05) is 6.07 Å². The predicted octanol–water partition coefficient (Wildman–Crippen LogP) is 1.46. The van der Waals surface area contributed by atoms with Gasteiger partial charge in [0.25, 0.3) is 5.92 Å². The molecule has 1 aromatic rings. The number of hydrogen-bond acceptors (Lipinski definition) is 3. The Hall–Kier alpha value is -1.27. The SMILES string of the molecule is COc1ccc(C(N)C(F)(F)CO)cc1F. The van der Waals surface area contributed by atoms with Crippen molar-refractivity contribution in [1.82, 2.24) is 0 Å². The van der Waals surface area contributed by atoms with Crippen molar-refractivity contribution in [2.24, 2.45) is 5.73 Å². The molecule has 1 atom stereocenters. The summed E-state index contributed by atoms with van der Waals surface area (Å²) in [6.07, 6.45) is 0. The van der Waals surface area contributed by atoms with Gasteiger partial charge in [0, 0.05) is 0 Å². The largest absolute Gasteiger partial charge is 0.494 e. The van der Waals surface area contributed by atoms with Gasteiger partial charge in [0.1, 0.15) is 6.61 Å². The number of nitrogens with two attached hydrogens (primary N) is 1. The minimum atomic E-state index is -3.49. The Labute approximate surface area is 90.6 Å². The van der Waals surface area contributed by atoms with Crippen molar-refractivity contribution in [3.63, 3.8) is 0 Å². The van der Waals surface area contributed by atoms with Crippen molar-refractivity contribution < 1.29 is 23.0 Å². The van der Waals surface area contributed by atoms with Crippen LogP contribution >= 0.6 is 0 Å². The molecule has 0 heterocycles. The fourth-order valence-corrected chi connectivity index (χ4v) is 1.22. The Morgan fingerprint density at radius 1 is 1.50 bits per heavy atom. The number of aliphatic hydroxyl groups excluding tert-OH is 1. The topological polar surface area (TPSA) is 55.5 Å². The molecule has 1 unspecified atom stereocenters. The van der Waals surface area contributed by atoms with Gasteiger partial charge in [-0.2, -0.15) is 0 Å². The first-order valence-corrected chi connectivity index (χ1v) is 4.50. The lowest BCUT2D eigenvalue weighted by Crippen LogP contribution is -2.36. The zero-order valence-corrected chi connectivity index (χ0v) is 8.58. The number of methoxy groups -OCH3 is 1. The summed E-state index contributed by atoms with van der Waals surface area (Å²) in [7, 11) is 1.26. The van der Waals surface area contributed by atoms with Gasteiger partial charge < -0.3 is 15.6 Å². The van der Waals surface area contributed by atoms with E-state index in [1.807, 2.05) is 0 Å². The van der Waals surface area contributed by atoms with Crippen LogP contribution in [0.1, 0.15) is 11.6 Å². The van der Waals surface area contributed by atoms with Crippen molar-refractivity contribution in [2.75, 3.05) is 13.7 Å². The molecule has 1 rings (SSSR count). The van der Waals surface area contributed by atoms with E-state index in [2.05, 4.69) is 4.74 Å². The Morgan fingerprint density at radius 3 is 2.56 bits per heavy atom. The molecule has 0 saturated carbocycles. The highest BCUT2D eigenvalue weighted by Gasteiger charge is 2.37. The van der Waals surface area contributed by atoms with E-state index in [9.17, 15) is 13.2 Å². The summed E-state index contributed by atoms with van der Waals surface area (Å²) < 4.78 is 43.9. The van der Waals surface area contributed by atoms with E-state index in [-0.39, 0.29) is 11.3 Å². The van der Waals surface area contributed by atoms with Crippen LogP contribution in [0.15, 0.2) is 18.2 Å². The van der Waals surface area contributed by atoms with Crippen molar-refractivity contribution in [1.29, 1.82) is 0 Å². The van der Waals surface area contributed by atoms with Crippen LogP contribution in [0.5, 0.6) is 5.75 Å². The molecule has 0 fully saturated rings. The molecular weight excluding hydrogens is 223 g/mol. The number of hydrogen-bond donors (Lipinski definition) is 2. The molecule has 0 aliphatic heterocycles. The number of halogens is 3. The zero-order valence-electron chi connectivity index (χ0n) is 8.58. The van der Waals surface area contributed by atoms with Crippen LogP contribution in [0.25, 0.3) is 0 Å². The van der Waals surface area contributed by atoms with E-state index in [0.29, 0.717) is 0 Å². The van der Waals surface area contributed by atoms with Gasteiger partial charge >= 0.3 is 0 Å². The lowest BCUT2D eigenvalue weighted by molar-refractivity contribution is -0.0712. The van der Waals surface area contributed by atoms with E-state index < -0.39 is 24.4 Å². The minimum Gasteiger partial charge on any atom is -0.494 e. The molecule has 0 aromatic heterocycles. The van der Waals surface area contributed by atoms with Gasteiger partial charge in [-0.15, -0.1) is 0 Å². The standard InChI is InChI=1S/C10H12F3NO2/c1-16-8-3-2-6(4-7(8)11)9(14)10(12,13)5-15/h2-4,9,15H,5,14H2,1H3. The maximum absolute atomic E-state index is 13.2. The summed E-state index contributed by atoms with van der Waals surface area (Å²) in [5.41, 5.74) is 5.13. The second kappa shape index (κ2) is 4.71. The number of rotatable bonds is 4. The van der Waals surface area contributed by atoms with E-state index in [4.69, 9.17) is 10.8 Å². The number of alkyl halides is 2. The average molecular weight is 235 g/mol. The van der Waals surface area contributed by atoms with Crippen molar-refractivity contribution >= 4 is 0 Å². The second-order valence-electron chi connectivity index (χ2n) is 3.29. The molecule has 3 nitrogen and oxygen atoms in total. The lowest BCUT2D eigenvalue weighted by Gasteiger charge is -2.21. The van der Waals surface area contributed by atoms with Crippen LogP contribution in [0.2, 0.25) is 0 Å². The molecule has 0 aliphatic carbocycles. The molecule has 0 aliphatic rings. The molecule has 1 aromatic carbocycles. The summed E-state index contributed by atoms with van der Waals surface area (Å²) >= 11 is 0. The summed E-state index contributed by atoms with van der Waals surface area (Å²) in [5, 5.41) is 8.45. The molecule has 3 N–H and O–H groups in total. The van der Waals surface area contributed by atoms with Crippen LogP contribution in [-0.2, 0) is 0 Å². The monoisotopic (exact) mass is 235 g/mol. The van der Waals surface area contributed by atoms with E-state index in [0.717, 1.165) is 6.07 Å². The predicted molar refractivity (Wildman–Crippen MR) is 51.9 cm³/mol. The normalized spacial score (nSPS) is 13.6. The van der Waals surface area contributed by atoms with Gasteiger partial charge in [-0.25, -0.2) is 13.2 Å². The van der Waals surface area contributed by atoms with Crippen molar-refractivity contribution in [3.05, 3.63) is 29.6 Å². The van der Waals surface area contributed by atoms with Crippen LogP contribution in [0.4, 0.5) is 13.2 Å². The van der Waals surface area contributed by atoms with Crippen LogP contribution in [0, 0.1) is 5.82 Å². The Kier molecular flexibility index (Phi) is 3.77. The highest BCUT2D eigenvalue weighted by molar-refractivity contribution is 5.31. The Balaban J connectivity index is 3.02. The first-order valence-electron chi connectivity index (χ1n) is 4.50. The smallest absolute Gasteiger partial charge is 0.289 e. The summed E-state index contributed by atoms with van der Waals surface area (Å²) in [6.45, 7) is -1.39. The Bertz CT molecular complexity index is 371.